The Morgan fingerprint density at radius 1 is 0.838 bits per heavy atom. The third kappa shape index (κ3) is 6.64. The maximum absolute atomic E-state index is 12.8. The van der Waals surface area contributed by atoms with Crippen LogP contribution in [-0.2, 0) is 17.0 Å². The van der Waals surface area contributed by atoms with Gasteiger partial charge >= 0.3 is 0 Å². The third-order valence-corrected chi connectivity index (χ3v) is 8.61. The van der Waals surface area contributed by atoms with E-state index in [9.17, 15) is 9.59 Å². The van der Waals surface area contributed by atoms with Crippen molar-refractivity contribution in [1.82, 2.24) is 4.90 Å². The van der Waals surface area contributed by atoms with Crippen molar-refractivity contribution in [3.8, 4) is 0 Å². The number of thioether (sulfide) groups is 2. The lowest BCUT2D eigenvalue weighted by Gasteiger charge is -2.24. The molecule has 0 bridgehead atoms. The molecule has 0 saturated carbocycles. The van der Waals surface area contributed by atoms with E-state index in [1.165, 1.54) is 16.0 Å². The zero-order valence-corrected chi connectivity index (χ0v) is 22.0. The van der Waals surface area contributed by atoms with Crippen molar-refractivity contribution < 1.29 is 9.59 Å². The summed E-state index contributed by atoms with van der Waals surface area (Å²) in [4.78, 5) is 28.6. The average Bonchev–Trinajstić information content (AvgIpc) is 3.32. The van der Waals surface area contributed by atoms with Gasteiger partial charge in [-0.1, -0.05) is 72.8 Å². The fourth-order valence-corrected chi connectivity index (χ4v) is 6.33. The van der Waals surface area contributed by atoms with Crippen molar-refractivity contribution in [2.45, 2.75) is 22.4 Å². The van der Waals surface area contributed by atoms with Crippen molar-refractivity contribution in [2.75, 3.05) is 17.6 Å². The van der Waals surface area contributed by atoms with Gasteiger partial charge in [-0.2, -0.15) is 0 Å². The third-order valence-electron chi connectivity index (χ3n) is 6.27. The molecule has 0 spiro atoms. The monoisotopic (exact) mass is 524 g/mol. The maximum atomic E-state index is 12.8. The topological polar surface area (TPSA) is 49.4 Å². The summed E-state index contributed by atoms with van der Waals surface area (Å²) in [6, 6.07) is 36.1. The Morgan fingerprint density at radius 3 is 2.22 bits per heavy atom. The number of nitrogens with one attached hydrogen (secondary N) is 1. The van der Waals surface area contributed by atoms with E-state index in [0.717, 1.165) is 23.4 Å². The van der Waals surface area contributed by atoms with E-state index in [2.05, 4.69) is 29.6 Å². The van der Waals surface area contributed by atoms with Gasteiger partial charge in [-0.15, -0.1) is 23.5 Å². The molecule has 6 heteroatoms. The molecule has 0 aliphatic carbocycles. The molecule has 1 heterocycles. The summed E-state index contributed by atoms with van der Waals surface area (Å²) in [7, 11) is 0. The van der Waals surface area contributed by atoms with Crippen molar-refractivity contribution >= 4 is 41.0 Å². The molecular weight excluding hydrogens is 496 g/mol. The normalized spacial score (nSPS) is 15.1. The Balaban J connectivity index is 1.16. The molecule has 5 rings (SSSR count). The van der Waals surface area contributed by atoms with E-state index in [1.807, 2.05) is 89.8 Å². The number of anilines is 1. The van der Waals surface area contributed by atoms with E-state index in [-0.39, 0.29) is 17.2 Å². The first-order valence-electron chi connectivity index (χ1n) is 12.3. The van der Waals surface area contributed by atoms with Crippen LogP contribution < -0.4 is 5.32 Å². The molecule has 4 nitrogen and oxygen atoms in total. The number of benzene rings is 4. The van der Waals surface area contributed by atoms with Crippen molar-refractivity contribution in [3.05, 3.63) is 131 Å². The predicted octanol–water partition coefficient (Wildman–Crippen LogP) is 7.05. The number of hydrogen-bond donors (Lipinski definition) is 1. The van der Waals surface area contributed by atoms with Gasteiger partial charge in [0.25, 0.3) is 5.91 Å². The van der Waals surface area contributed by atoms with E-state index >= 15 is 0 Å². The first-order valence-corrected chi connectivity index (χ1v) is 14.3. The zero-order chi connectivity index (χ0) is 25.5. The van der Waals surface area contributed by atoms with Crippen molar-refractivity contribution in [2.24, 2.45) is 0 Å². The largest absolute Gasteiger partial charge is 0.326 e. The molecule has 1 atom stereocenters. The molecule has 0 aromatic heterocycles. The zero-order valence-electron chi connectivity index (χ0n) is 20.4. The molecule has 1 saturated heterocycles. The Morgan fingerprint density at radius 2 is 1.51 bits per heavy atom. The van der Waals surface area contributed by atoms with Crippen LogP contribution in [0.3, 0.4) is 0 Å². The average molecular weight is 525 g/mol. The summed E-state index contributed by atoms with van der Waals surface area (Å²) in [6.45, 7) is 0.683. The fourth-order valence-electron chi connectivity index (χ4n) is 4.24. The predicted molar refractivity (Wildman–Crippen MR) is 154 cm³/mol. The molecule has 2 amide bonds. The van der Waals surface area contributed by atoms with E-state index in [0.29, 0.717) is 17.9 Å². The van der Waals surface area contributed by atoms with Crippen molar-refractivity contribution in [3.63, 3.8) is 0 Å². The quantitative estimate of drug-likeness (QED) is 0.238. The summed E-state index contributed by atoms with van der Waals surface area (Å²) in [6.07, 6.45) is 0.827. The van der Waals surface area contributed by atoms with Gasteiger partial charge in [-0.3, -0.25) is 9.59 Å². The van der Waals surface area contributed by atoms with Crippen LogP contribution in [0.25, 0.3) is 0 Å². The van der Waals surface area contributed by atoms with Crippen molar-refractivity contribution in [1.29, 1.82) is 0 Å². The Hall–Kier alpha value is -3.48. The van der Waals surface area contributed by atoms with Crippen LogP contribution in [0.5, 0.6) is 0 Å². The molecule has 4 aromatic carbocycles. The standard InChI is InChI=1S/C31H28N2O2S2/c34-29-22-37-31(33(29)20-19-23-7-3-1-4-8-23)26-15-13-25(14-16-26)30(35)32-27-17-11-24(12-18-27)21-36-28-9-5-2-6-10-28/h1-18,31H,19-22H2,(H,32,35)/t31-/m0/s1. The lowest BCUT2D eigenvalue weighted by Crippen LogP contribution is -2.30. The van der Waals surface area contributed by atoms with E-state index < -0.39 is 0 Å². The number of hydrogen-bond acceptors (Lipinski definition) is 4. The van der Waals surface area contributed by atoms with Crippen LogP contribution >= 0.6 is 23.5 Å². The number of rotatable bonds is 9. The highest BCUT2D eigenvalue weighted by Gasteiger charge is 2.32. The van der Waals surface area contributed by atoms with Crippen LogP contribution in [0.4, 0.5) is 5.69 Å². The SMILES string of the molecule is O=C(Nc1ccc(CSc2ccccc2)cc1)c1ccc([C@@H]2SCC(=O)N2CCc2ccccc2)cc1. The molecular formula is C31H28N2O2S2. The molecule has 186 valence electrons. The molecule has 1 N–H and O–H groups in total. The molecule has 0 unspecified atom stereocenters. The molecule has 1 fully saturated rings. The van der Waals surface area contributed by atoms with Gasteiger partial charge in [0.05, 0.1) is 5.75 Å². The Bertz CT molecular complexity index is 1330. The van der Waals surface area contributed by atoms with Crippen LogP contribution in [0.2, 0.25) is 0 Å². The Labute approximate surface area is 226 Å². The van der Waals surface area contributed by atoms with Gasteiger partial charge in [0.2, 0.25) is 5.91 Å². The molecule has 4 aromatic rings. The second-order valence-electron chi connectivity index (χ2n) is 8.86. The minimum atomic E-state index is -0.144. The lowest BCUT2D eigenvalue weighted by molar-refractivity contribution is -0.128. The van der Waals surface area contributed by atoms with Gasteiger partial charge in [0, 0.05) is 28.4 Å². The van der Waals surface area contributed by atoms with Crippen LogP contribution in [-0.4, -0.2) is 29.0 Å². The highest BCUT2D eigenvalue weighted by Crippen LogP contribution is 2.38. The number of carbonyl (C=O) groups excluding carboxylic acids is 2. The van der Waals surface area contributed by atoms with Gasteiger partial charge in [0.15, 0.2) is 0 Å². The van der Waals surface area contributed by atoms with Crippen LogP contribution in [0.1, 0.15) is 32.4 Å². The number of amides is 2. The number of carbonyl (C=O) groups is 2. The minimum Gasteiger partial charge on any atom is -0.326 e. The van der Waals surface area contributed by atoms with E-state index in [4.69, 9.17) is 0 Å². The first-order chi connectivity index (χ1) is 18.2. The molecule has 1 aliphatic rings. The second kappa shape index (κ2) is 12.2. The summed E-state index contributed by atoms with van der Waals surface area (Å²) in [5.74, 6) is 1.39. The molecule has 0 radical (unpaired) electrons. The smallest absolute Gasteiger partial charge is 0.255 e. The number of nitrogens with zero attached hydrogens (tertiary/aromatic N) is 1. The summed E-state index contributed by atoms with van der Waals surface area (Å²) >= 11 is 3.43. The maximum Gasteiger partial charge on any atom is 0.255 e. The van der Waals surface area contributed by atoms with Crippen LogP contribution in [0, 0.1) is 0 Å². The summed E-state index contributed by atoms with van der Waals surface area (Å²) in [5, 5.41) is 2.97. The van der Waals surface area contributed by atoms with Crippen LogP contribution in [0.15, 0.2) is 114 Å². The van der Waals surface area contributed by atoms with Gasteiger partial charge in [-0.05, 0) is 59.5 Å². The van der Waals surface area contributed by atoms with E-state index in [1.54, 1.807) is 23.5 Å². The summed E-state index contributed by atoms with van der Waals surface area (Å²) in [5.41, 5.74) is 4.84. The molecule has 37 heavy (non-hydrogen) atoms. The minimum absolute atomic E-state index is 0.0189. The highest BCUT2D eigenvalue weighted by molar-refractivity contribution is 8.00. The lowest BCUT2D eigenvalue weighted by atomic mass is 10.1. The fraction of sp³-hybridized carbons (Fsp3) is 0.161. The van der Waals surface area contributed by atoms with Gasteiger partial charge in [0.1, 0.15) is 5.37 Å². The highest BCUT2D eigenvalue weighted by atomic mass is 32.2. The molecule has 1 aliphatic heterocycles. The Kier molecular flexibility index (Phi) is 8.28. The van der Waals surface area contributed by atoms with Gasteiger partial charge < -0.3 is 10.2 Å². The summed E-state index contributed by atoms with van der Waals surface area (Å²) < 4.78 is 0. The van der Waals surface area contributed by atoms with Gasteiger partial charge in [-0.25, -0.2) is 0 Å². The first kappa shape index (κ1) is 25.2. The second-order valence-corrected chi connectivity index (χ2v) is 11.0.